The second kappa shape index (κ2) is 5.67. The van der Waals surface area contributed by atoms with E-state index in [0.717, 1.165) is 6.26 Å². The maximum atomic E-state index is 11.8. The Morgan fingerprint density at radius 2 is 1.95 bits per heavy atom. The molecule has 0 atom stereocenters. The van der Waals surface area contributed by atoms with Gasteiger partial charge in [-0.2, -0.15) is 0 Å². The number of nitrogens with zero attached hydrogens (tertiary/aromatic N) is 1. The SMILES string of the molecule is Cc1oc(-c2ccc(Cl)c(Cl)c2)nc1C(=O)NS(C)(=O)=O. The third-order valence-corrected chi connectivity index (χ3v) is 3.75. The van der Waals surface area contributed by atoms with Crippen LogP contribution in [0.5, 0.6) is 0 Å². The molecule has 1 N–H and O–H groups in total. The number of nitrogens with one attached hydrogen (secondary N) is 1. The molecule has 0 bridgehead atoms. The fourth-order valence-electron chi connectivity index (χ4n) is 1.58. The normalized spacial score (nSPS) is 11.4. The Labute approximate surface area is 131 Å². The summed E-state index contributed by atoms with van der Waals surface area (Å²) in [4.78, 5) is 15.8. The van der Waals surface area contributed by atoms with Crippen LogP contribution in [0.4, 0.5) is 0 Å². The summed E-state index contributed by atoms with van der Waals surface area (Å²) in [6.45, 7) is 1.51. The molecule has 0 aliphatic carbocycles. The number of oxazole rings is 1. The summed E-state index contributed by atoms with van der Waals surface area (Å²) in [6, 6.07) is 4.72. The van der Waals surface area contributed by atoms with Crippen LogP contribution in [0.3, 0.4) is 0 Å². The topological polar surface area (TPSA) is 89.3 Å². The van der Waals surface area contributed by atoms with Crippen molar-refractivity contribution in [3.8, 4) is 11.5 Å². The zero-order valence-electron chi connectivity index (χ0n) is 11.0. The number of hydrogen-bond acceptors (Lipinski definition) is 5. The first-order chi connectivity index (χ1) is 9.67. The number of sulfonamides is 1. The first-order valence-corrected chi connectivity index (χ1v) is 8.27. The predicted octanol–water partition coefficient (Wildman–Crippen LogP) is 2.65. The molecule has 0 aliphatic heterocycles. The van der Waals surface area contributed by atoms with Gasteiger partial charge in [0.1, 0.15) is 5.76 Å². The molecule has 21 heavy (non-hydrogen) atoms. The van der Waals surface area contributed by atoms with Gasteiger partial charge in [-0.15, -0.1) is 0 Å². The minimum atomic E-state index is -3.68. The van der Waals surface area contributed by atoms with Crippen molar-refractivity contribution in [3.05, 3.63) is 39.7 Å². The molecular formula is C12H10Cl2N2O4S. The van der Waals surface area contributed by atoms with Crippen molar-refractivity contribution in [1.29, 1.82) is 0 Å². The Morgan fingerprint density at radius 3 is 2.52 bits per heavy atom. The number of aryl methyl sites for hydroxylation is 1. The monoisotopic (exact) mass is 348 g/mol. The molecule has 112 valence electrons. The van der Waals surface area contributed by atoms with Crippen LogP contribution in [0.1, 0.15) is 16.2 Å². The maximum absolute atomic E-state index is 11.8. The van der Waals surface area contributed by atoms with Gasteiger partial charge in [-0.3, -0.25) is 4.79 Å². The molecule has 0 unspecified atom stereocenters. The van der Waals surface area contributed by atoms with Crippen molar-refractivity contribution in [1.82, 2.24) is 9.71 Å². The number of halogens is 2. The van der Waals surface area contributed by atoms with E-state index in [1.807, 2.05) is 4.72 Å². The van der Waals surface area contributed by atoms with Gasteiger partial charge in [-0.1, -0.05) is 23.2 Å². The van der Waals surface area contributed by atoms with Gasteiger partial charge < -0.3 is 4.42 Å². The molecule has 9 heteroatoms. The van der Waals surface area contributed by atoms with Gasteiger partial charge in [0, 0.05) is 5.56 Å². The Kier molecular flexibility index (Phi) is 4.27. The number of benzene rings is 1. The van der Waals surface area contributed by atoms with Crippen LogP contribution < -0.4 is 4.72 Å². The molecule has 1 amide bonds. The highest BCUT2D eigenvalue weighted by Crippen LogP contribution is 2.29. The minimum absolute atomic E-state index is 0.110. The zero-order valence-corrected chi connectivity index (χ0v) is 13.3. The number of amides is 1. The summed E-state index contributed by atoms with van der Waals surface area (Å²) in [5.41, 5.74) is 0.410. The lowest BCUT2D eigenvalue weighted by molar-refractivity contribution is 0.0976. The lowest BCUT2D eigenvalue weighted by Crippen LogP contribution is -2.30. The van der Waals surface area contributed by atoms with E-state index in [2.05, 4.69) is 4.98 Å². The summed E-state index contributed by atoms with van der Waals surface area (Å²) in [5.74, 6) is -0.521. The highest BCUT2D eigenvalue weighted by molar-refractivity contribution is 7.89. The van der Waals surface area contributed by atoms with E-state index in [1.54, 1.807) is 12.1 Å². The second-order valence-electron chi connectivity index (χ2n) is 4.26. The molecule has 1 aromatic heterocycles. The lowest BCUT2D eigenvalue weighted by atomic mass is 10.2. The van der Waals surface area contributed by atoms with Gasteiger partial charge in [-0.25, -0.2) is 18.1 Å². The number of carbonyl (C=O) groups is 1. The first kappa shape index (κ1) is 15.8. The van der Waals surface area contributed by atoms with Crippen LogP contribution in [0.25, 0.3) is 11.5 Å². The predicted molar refractivity (Wildman–Crippen MR) is 79.0 cm³/mol. The Morgan fingerprint density at radius 1 is 1.29 bits per heavy atom. The fourth-order valence-corrected chi connectivity index (χ4v) is 2.31. The van der Waals surface area contributed by atoms with Gasteiger partial charge in [0.05, 0.1) is 16.3 Å². The average Bonchev–Trinajstić information content (AvgIpc) is 2.73. The molecule has 0 aliphatic rings. The molecule has 1 aromatic carbocycles. The van der Waals surface area contributed by atoms with Gasteiger partial charge in [0.2, 0.25) is 15.9 Å². The van der Waals surface area contributed by atoms with Gasteiger partial charge in [0.15, 0.2) is 5.69 Å². The van der Waals surface area contributed by atoms with Crippen molar-refractivity contribution < 1.29 is 17.6 Å². The van der Waals surface area contributed by atoms with E-state index in [1.165, 1.54) is 13.0 Å². The number of rotatable bonds is 3. The van der Waals surface area contributed by atoms with E-state index < -0.39 is 15.9 Å². The fraction of sp³-hybridized carbons (Fsp3) is 0.167. The molecule has 0 spiro atoms. The maximum Gasteiger partial charge on any atom is 0.286 e. The van der Waals surface area contributed by atoms with Gasteiger partial charge >= 0.3 is 0 Å². The second-order valence-corrected chi connectivity index (χ2v) is 6.82. The largest absolute Gasteiger partial charge is 0.441 e. The van der Waals surface area contributed by atoms with E-state index in [4.69, 9.17) is 27.6 Å². The van der Waals surface area contributed by atoms with Crippen LogP contribution in [-0.4, -0.2) is 25.6 Å². The first-order valence-electron chi connectivity index (χ1n) is 5.62. The minimum Gasteiger partial charge on any atom is -0.441 e. The van der Waals surface area contributed by atoms with Crippen LogP contribution in [0, 0.1) is 6.92 Å². The quantitative estimate of drug-likeness (QED) is 0.920. The van der Waals surface area contributed by atoms with Crippen molar-refractivity contribution in [3.63, 3.8) is 0 Å². The molecular weight excluding hydrogens is 339 g/mol. The van der Waals surface area contributed by atoms with Crippen LogP contribution >= 0.6 is 23.2 Å². The lowest BCUT2D eigenvalue weighted by Gasteiger charge is -1.99. The molecule has 0 saturated heterocycles. The average molecular weight is 349 g/mol. The molecule has 1 heterocycles. The summed E-state index contributed by atoms with van der Waals surface area (Å²) < 4.78 is 29.3. The third kappa shape index (κ3) is 3.75. The number of carbonyl (C=O) groups excluding carboxylic acids is 1. The summed E-state index contributed by atoms with van der Waals surface area (Å²) in [5, 5.41) is 0.686. The number of hydrogen-bond donors (Lipinski definition) is 1. The Hall–Kier alpha value is -1.57. The standard InChI is InChI=1S/C12H10Cl2N2O4S/c1-6-10(11(17)16-21(2,18)19)15-12(20-6)7-3-4-8(13)9(14)5-7/h3-5H,1-2H3,(H,16,17). The van der Waals surface area contributed by atoms with Gasteiger partial charge in [0.25, 0.3) is 5.91 Å². The highest BCUT2D eigenvalue weighted by Gasteiger charge is 2.20. The zero-order chi connectivity index (χ0) is 15.8. The van der Waals surface area contributed by atoms with E-state index in [0.29, 0.717) is 15.6 Å². The van der Waals surface area contributed by atoms with E-state index in [-0.39, 0.29) is 17.3 Å². The Bertz CT molecular complexity index is 815. The van der Waals surface area contributed by atoms with Crippen molar-refractivity contribution in [2.75, 3.05) is 6.26 Å². The highest BCUT2D eigenvalue weighted by atomic mass is 35.5. The van der Waals surface area contributed by atoms with Crippen molar-refractivity contribution >= 4 is 39.1 Å². The van der Waals surface area contributed by atoms with Gasteiger partial charge in [-0.05, 0) is 25.1 Å². The van der Waals surface area contributed by atoms with Crippen molar-refractivity contribution in [2.45, 2.75) is 6.92 Å². The molecule has 0 saturated carbocycles. The van der Waals surface area contributed by atoms with Crippen LogP contribution in [-0.2, 0) is 10.0 Å². The number of aromatic nitrogens is 1. The summed E-state index contributed by atoms with van der Waals surface area (Å²) in [6.07, 6.45) is 0.875. The Balaban J connectivity index is 2.39. The molecule has 0 fully saturated rings. The van der Waals surface area contributed by atoms with E-state index >= 15 is 0 Å². The van der Waals surface area contributed by atoms with E-state index in [9.17, 15) is 13.2 Å². The van der Waals surface area contributed by atoms with Crippen LogP contribution in [0.2, 0.25) is 10.0 Å². The van der Waals surface area contributed by atoms with Crippen molar-refractivity contribution in [2.24, 2.45) is 0 Å². The third-order valence-electron chi connectivity index (χ3n) is 2.46. The smallest absolute Gasteiger partial charge is 0.286 e. The molecule has 2 rings (SSSR count). The van der Waals surface area contributed by atoms with Crippen LogP contribution in [0.15, 0.2) is 22.6 Å². The molecule has 2 aromatic rings. The molecule has 6 nitrogen and oxygen atoms in total. The molecule has 0 radical (unpaired) electrons. The summed E-state index contributed by atoms with van der Waals surface area (Å²) in [7, 11) is -3.68. The summed E-state index contributed by atoms with van der Waals surface area (Å²) >= 11 is 11.7.